The average molecular weight is 310 g/mol. The lowest BCUT2D eigenvalue weighted by Gasteiger charge is -2.19. The molecule has 2 rings (SSSR count). The smallest absolute Gasteiger partial charge is 0.173 e. The van der Waals surface area contributed by atoms with Gasteiger partial charge in [-0.3, -0.25) is 4.79 Å². The third-order valence-corrected chi connectivity index (χ3v) is 4.33. The maximum atomic E-state index is 12.4. The number of carbonyl (C=O) groups is 1. The van der Waals surface area contributed by atoms with Crippen molar-refractivity contribution in [3.63, 3.8) is 0 Å². The fraction of sp³-hybridized carbons (Fsp3) is 0.235. The van der Waals surface area contributed by atoms with Crippen LogP contribution in [0.3, 0.4) is 0 Å². The number of hydrogen-bond donors (Lipinski definition) is 0. The lowest BCUT2D eigenvalue weighted by molar-refractivity contribution is 0.0974. The van der Waals surface area contributed by atoms with Gasteiger partial charge in [0.15, 0.2) is 5.78 Å². The van der Waals surface area contributed by atoms with Gasteiger partial charge in [0, 0.05) is 17.9 Å². The molecule has 0 aliphatic heterocycles. The summed E-state index contributed by atoms with van der Waals surface area (Å²) < 4.78 is 5.31. The molecule has 2 aromatic rings. The minimum absolute atomic E-state index is 0.0681. The Morgan fingerprint density at radius 1 is 1.23 bits per heavy atom. The Labute approximate surface area is 133 Å². The average Bonchev–Trinajstić information content (AvgIpc) is 3.09. The van der Waals surface area contributed by atoms with E-state index in [0.29, 0.717) is 16.2 Å². The van der Waals surface area contributed by atoms with Crippen LogP contribution in [0.4, 0.5) is 0 Å². The quantitative estimate of drug-likeness (QED) is 0.761. The molecule has 0 saturated heterocycles. The van der Waals surface area contributed by atoms with Gasteiger partial charge in [0.1, 0.15) is 11.7 Å². The van der Waals surface area contributed by atoms with E-state index < -0.39 is 11.8 Å². The topological polar surface area (TPSA) is 73.9 Å². The normalized spacial score (nSPS) is 11.5. The summed E-state index contributed by atoms with van der Waals surface area (Å²) in [7, 11) is 1.53. The minimum Gasteiger partial charge on any atom is -0.496 e. The van der Waals surface area contributed by atoms with E-state index in [2.05, 4.69) is 0 Å². The van der Waals surface area contributed by atoms with Crippen LogP contribution in [0.5, 0.6) is 5.75 Å². The van der Waals surface area contributed by atoms with Crippen LogP contribution in [0.15, 0.2) is 41.8 Å². The molecule has 1 atom stereocenters. The highest BCUT2D eigenvalue weighted by atomic mass is 32.1. The highest BCUT2D eigenvalue weighted by Crippen LogP contribution is 2.35. The van der Waals surface area contributed by atoms with Gasteiger partial charge in [0.2, 0.25) is 0 Å². The molecule has 0 saturated carbocycles. The number of benzene rings is 1. The number of para-hydroxylation sites is 1. The van der Waals surface area contributed by atoms with Gasteiger partial charge in [0.05, 0.1) is 24.1 Å². The van der Waals surface area contributed by atoms with Crippen LogP contribution in [-0.4, -0.2) is 12.9 Å². The van der Waals surface area contributed by atoms with Crippen LogP contribution < -0.4 is 4.74 Å². The van der Waals surface area contributed by atoms with Crippen molar-refractivity contribution in [2.24, 2.45) is 5.92 Å². The first-order valence-corrected chi connectivity index (χ1v) is 7.58. The highest BCUT2D eigenvalue weighted by molar-refractivity contribution is 7.12. The SMILES string of the molecule is COc1ccccc1[C@H](CC(=O)c1cccs1)C(C#N)C#N. The molecule has 110 valence electrons. The van der Waals surface area contributed by atoms with E-state index in [0.717, 1.165) is 0 Å². The van der Waals surface area contributed by atoms with Crippen LogP contribution in [0.1, 0.15) is 27.6 Å². The van der Waals surface area contributed by atoms with Crippen LogP contribution in [-0.2, 0) is 0 Å². The Balaban J connectivity index is 2.38. The zero-order valence-electron chi connectivity index (χ0n) is 12.0. The van der Waals surface area contributed by atoms with Crippen molar-refractivity contribution >= 4 is 17.1 Å². The number of rotatable bonds is 6. The lowest BCUT2D eigenvalue weighted by atomic mass is 9.83. The summed E-state index contributed by atoms with van der Waals surface area (Å²) in [6, 6.07) is 14.7. The van der Waals surface area contributed by atoms with E-state index in [1.54, 1.807) is 18.2 Å². The molecule has 0 aliphatic rings. The van der Waals surface area contributed by atoms with Crippen LogP contribution in [0.2, 0.25) is 0 Å². The van der Waals surface area contributed by atoms with Gasteiger partial charge in [-0.15, -0.1) is 11.3 Å². The highest BCUT2D eigenvalue weighted by Gasteiger charge is 2.28. The van der Waals surface area contributed by atoms with E-state index in [1.165, 1.54) is 18.4 Å². The number of nitriles is 2. The summed E-state index contributed by atoms with van der Waals surface area (Å²) >= 11 is 1.36. The molecule has 22 heavy (non-hydrogen) atoms. The molecule has 1 heterocycles. The Morgan fingerprint density at radius 2 is 1.95 bits per heavy atom. The summed E-state index contributed by atoms with van der Waals surface area (Å²) in [5.74, 6) is -0.899. The second-order valence-corrected chi connectivity index (χ2v) is 5.64. The summed E-state index contributed by atoms with van der Waals surface area (Å²) in [4.78, 5) is 13.0. The van der Waals surface area contributed by atoms with Crippen molar-refractivity contribution < 1.29 is 9.53 Å². The summed E-state index contributed by atoms with van der Waals surface area (Å²) in [6.07, 6.45) is 0.104. The van der Waals surface area contributed by atoms with Gasteiger partial charge in [-0.25, -0.2) is 0 Å². The number of methoxy groups -OCH3 is 1. The molecule has 0 bridgehead atoms. The van der Waals surface area contributed by atoms with Crippen LogP contribution in [0.25, 0.3) is 0 Å². The molecule has 4 nitrogen and oxygen atoms in total. The largest absolute Gasteiger partial charge is 0.496 e. The summed E-state index contributed by atoms with van der Waals surface area (Å²) in [5, 5.41) is 20.3. The van der Waals surface area contributed by atoms with E-state index in [9.17, 15) is 15.3 Å². The Kier molecular flexibility index (Phi) is 5.30. The molecule has 0 N–H and O–H groups in total. The van der Waals surface area contributed by atoms with Gasteiger partial charge in [-0.1, -0.05) is 24.3 Å². The second kappa shape index (κ2) is 7.40. The summed E-state index contributed by atoms with van der Waals surface area (Å²) in [5.41, 5.74) is 0.711. The number of nitrogens with zero attached hydrogens (tertiary/aromatic N) is 2. The Bertz CT molecular complexity index is 712. The van der Waals surface area contributed by atoms with Crippen molar-refractivity contribution in [1.29, 1.82) is 10.5 Å². The molecule has 0 fully saturated rings. The number of ether oxygens (including phenoxy) is 1. The van der Waals surface area contributed by atoms with E-state index >= 15 is 0 Å². The predicted molar refractivity (Wildman–Crippen MR) is 83.7 cm³/mol. The molecule has 0 aliphatic carbocycles. The zero-order chi connectivity index (χ0) is 15.9. The molecule has 1 aromatic carbocycles. The van der Waals surface area contributed by atoms with Crippen molar-refractivity contribution in [2.75, 3.05) is 7.11 Å². The maximum Gasteiger partial charge on any atom is 0.173 e. The molecular formula is C17H14N2O2S. The van der Waals surface area contributed by atoms with Crippen LogP contribution in [0, 0.1) is 28.6 Å². The minimum atomic E-state index is -0.903. The monoisotopic (exact) mass is 310 g/mol. The van der Waals surface area contributed by atoms with Gasteiger partial charge in [-0.2, -0.15) is 10.5 Å². The molecule has 0 radical (unpaired) electrons. The van der Waals surface area contributed by atoms with E-state index in [1.807, 2.05) is 35.7 Å². The van der Waals surface area contributed by atoms with E-state index in [4.69, 9.17) is 4.74 Å². The predicted octanol–water partition coefficient (Wildman–Crippen LogP) is 3.78. The molecule has 0 spiro atoms. The molecule has 0 amide bonds. The van der Waals surface area contributed by atoms with Crippen LogP contribution >= 0.6 is 11.3 Å². The van der Waals surface area contributed by atoms with Gasteiger partial charge >= 0.3 is 0 Å². The number of ketones is 1. The molecular weight excluding hydrogens is 296 g/mol. The number of carbonyl (C=O) groups excluding carboxylic acids is 1. The van der Waals surface area contributed by atoms with Gasteiger partial charge in [0.25, 0.3) is 0 Å². The van der Waals surface area contributed by atoms with Crippen molar-refractivity contribution in [3.8, 4) is 17.9 Å². The lowest BCUT2D eigenvalue weighted by Crippen LogP contribution is -2.15. The van der Waals surface area contributed by atoms with Crippen molar-refractivity contribution in [3.05, 3.63) is 52.2 Å². The first kappa shape index (κ1) is 15.8. The first-order chi connectivity index (χ1) is 10.7. The zero-order valence-corrected chi connectivity index (χ0v) is 12.8. The number of Topliss-reactive ketones (excluding diaryl/α,β-unsaturated/α-hetero) is 1. The second-order valence-electron chi connectivity index (χ2n) is 4.69. The molecule has 0 unspecified atom stereocenters. The van der Waals surface area contributed by atoms with Crippen molar-refractivity contribution in [2.45, 2.75) is 12.3 Å². The Morgan fingerprint density at radius 3 is 2.55 bits per heavy atom. The van der Waals surface area contributed by atoms with Crippen molar-refractivity contribution in [1.82, 2.24) is 0 Å². The fourth-order valence-electron chi connectivity index (χ4n) is 2.33. The molecule has 1 aromatic heterocycles. The Hall–Kier alpha value is -2.63. The third kappa shape index (κ3) is 3.33. The van der Waals surface area contributed by atoms with Gasteiger partial charge < -0.3 is 4.74 Å². The summed E-state index contributed by atoms with van der Waals surface area (Å²) in [6.45, 7) is 0. The number of thiophene rings is 1. The first-order valence-electron chi connectivity index (χ1n) is 6.70. The number of hydrogen-bond acceptors (Lipinski definition) is 5. The molecule has 5 heteroatoms. The van der Waals surface area contributed by atoms with Gasteiger partial charge in [-0.05, 0) is 17.5 Å². The standard InChI is InChI=1S/C17H14N2O2S/c1-21-16-6-3-2-5-13(16)14(12(10-18)11-19)9-15(20)17-7-4-8-22-17/h2-8,12,14H,9H2,1H3/t14-/m1/s1. The maximum absolute atomic E-state index is 12.4. The fourth-order valence-corrected chi connectivity index (χ4v) is 3.00. The van der Waals surface area contributed by atoms with E-state index in [-0.39, 0.29) is 12.2 Å². The third-order valence-electron chi connectivity index (χ3n) is 3.42.